The van der Waals surface area contributed by atoms with E-state index in [1.165, 1.54) is 0 Å². The third-order valence-corrected chi connectivity index (χ3v) is 5.86. The van der Waals surface area contributed by atoms with E-state index in [1.807, 2.05) is 43.3 Å². The average molecular weight is 450 g/mol. The van der Waals surface area contributed by atoms with Crippen LogP contribution in [-0.4, -0.2) is 26.5 Å². The molecular weight excluding hydrogens is 422 g/mol. The highest BCUT2D eigenvalue weighted by Crippen LogP contribution is 2.31. The predicted octanol–water partition coefficient (Wildman–Crippen LogP) is 5.75. The lowest BCUT2D eigenvalue weighted by molar-refractivity contribution is 0.0940. The van der Waals surface area contributed by atoms with Crippen LogP contribution in [0.2, 0.25) is 5.02 Å². The molecule has 4 aromatic rings. The first-order valence-corrected chi connectivity index (χ1v) is 11.4. The first kappa shape index (κ1) is 22.1. The van der Waals surface area contributed by atoms with Gasteiger partial charge in [-0.15, -0.1) is 0 Å². The molecule has 2 aromatic carbocycles. The molecule has 7 heteroatoms. The van der Waals surface area contributed by atoms with Crippen LogP contribution in [0.4, 0.5) is 5.82 Å². The Morgan fingerprint density at radius 2 is 1.69 bits per heavy atom. The van der Waals surface area contributed by atoms with Crippen LogP contribution in [0.3, 0.4) is 0 Å². The van der Waals surface area contributed by atoms with E-state index in [1.54, 1.807) is 16.7 Å². The summed E-state index contributed by atoms with van der Waals surface area (Å²) in [5.74, 6) is 0.723. The third kappa shape index (κ3) is 4.41. The van der Waals surface area contributed by atoms with Gasteiger partial charge in [0, 0.05) is 16.8 Å². The fourth-order valence-corrected chi connectivity index (χ4v) is 4.06. The smallest absolute Gasteiger partial charge is 0.257 e. The van der Waals surface area contributed by atoms with Crippen molar-refractivity contribution in [3.63, 3.8) is 0 Å². The van der Waals surface area contributed by atoms with Crippen LogP contribution in [0.15, 0.2) is 48.5 Å². The largest absolute Gasteiger partial charge is 0.384 e. The van der Waals surface area contributed by atoms with Gasteiger partial charge in [-0.2, -0.15) is 0 Å². The Labute approximate surface area is 192 Å². The minimum absolute atomic E-state index is 0.0306. The van der Waals surface area contributed by atoms with Crippen LogP contribution in [0.5, 0.6) is 0 Å². The summed E-state index contributed by atoms with van der Waals surface area (Å²) in [6, 6.07) is 14.9. The maximum atomic E-state index is 13.3. The second-order valence-corrected chi connectivity index (χ2v) is 9.09. The Morgan fingerprint density at radius 3 is 2.34 bits per heavy atom. The number of nitrogen functional groups attached to an aromatic ring is 1. The van der Waals surface area contributed by atoms with E-state index in [2.05, 4.69) is 19.2 Å². The SMILES string of the molecule is CC(C)CCCC(C)NC(=O)c1c(N)n(-c2ccc(Cl)cc2)c2nc3ccccc3nc12. The maximum Gasteiger partial charge on any atom is 0.257 e. The standard InChI is InChI=1S/C25H28ClN5O/c1-15(2)7-6-8-16(3)28-25(32)21-22-24(30-20-10-5-4-9-19(20)29-22)31(23(21)27)18-13-11-17(26)12-14-18/h4-5,9-16H,6-8,27H2,1-3H3,(H,28,32). The van der Waals surface area contributed by atoms with Gasteiger partial charge in [-0.3, -0.25) is 9.36 Å². The first-order valence-electron chi connectivity index (χ1n) is 11.0. The van der Waals surface area contributed by atoms with Gasteiger partial charge in [-0.1, -0.05) is 50.4 Å². The Bertz CT molecular complexity index is 1260. The number of anilines is 1. The van der Waals surface area contributed by atoms with Gasteiger partial charge in [-0.05, 0) is 55.7 Å². The molecule has 2 aromatic heterocycles. The zero-order valence-corrected chi connectivity index (χ0v) is 19.4. The van der Waals surface area contributed by atoms with Gasteiger partial charge in [0.15, 0.2) is 5.65 Å². The minimum atomic E-state index is -0.234. The van der Waals surface area contributed by atoms with Gasteiger partial charge in [0.1, 0.15) is 16.9 Å². The van der Waals surface area contributed by atoms with Gasteiger partial charge >= 0.3 is 0 Å². The summed E-state index contributed by atoms with van der Waals surface area (Å²) in [5.41, 5.74) is 10.2. The van der Waals surface area contributed by atoms with Gasteiger partial charge in [-0.25, -0.2) is 9.97 Å². The molecule has 0 saturated heterocycles. The summed E-state index contributed by atoms with van der Waals surface area (Å²) in [7, 11) is 0. The molecule has 0 radical (unpaired) electrons. The summed E-state index contributed by atoms with van der Waals surface area (Å²) >= 11 is 6.08. The highest BCUT2D eigenvalue weighted by Gasteiger charge is 2.25. The van der Waals surface area contributed by atoms with E-state index >= 15 is 0 Å². The van der Waals surface area contributed by atoms with Crippen molar-refractivity contribution in [3.8, 4) is 5.69 Å². The molecule has 0 aliphatic carbocycles. The third-order valence-electron chi connectivity index (χ3n) is 5.61. The van der Waals surface area contributed by atoms with Crippen LogP contribution in [0.1, 0.15) is 50.4 Å². The number of nitrogens with two attached hydrogens (primary N) is 1. The highest BCUT2D eigenvalue weighted by atomic mass is 35.5. The number of carbonyl (C=O) groups excluding carboxylic acids is 1. The molecule has 0 spiro atoms. The Balaban J connectivity index is 1.79. The van der Waals surface area contributed by atoms with E-state index in [9.17, 15) is 4.79 Å². The second-order valence-electron chi connectivity index (χ2n) is 8.66. The zero-order valence-electron chi connectivity index (χ0n) is 18.6. The number of para-hydroxylation sites is 2. The van der Waals surface area contributed by atoms with Gasteiger partial charge < -0.3 is 11.1 Å². The number of nitrogens with one attached hydrogen (secondary N) is 1. The number of aromatic nitrogens is 3. The maximum absolute atomic E-state index is 13.3. The number of fused-ring (bicyclic) bond motifs is 2. The molecule has 32 heavy (non-hydrogen) atoms. The number of benzene rings is 2. The molecule has 4 rings (SSSR count). The summed E-state index contributed by atoms with van der Waals surface area (Å²) in [6.07, 6.45) is 3.11. The normalized spacial score (nSPS) is 12.5. The van der Waals surface area contributed by atoms with E-state index in [0.717, 1.165) is 30.5 Å². The summed E-state index contributed by atoms with van der Waals surface area (Å²) in [4.78, 5) is 22.9. The van der Waals surface area contributed by atoms with Crippen molar-refractivity contribution < 1.29 is 4.79 Å². The molecule has 2 heterocycles. The highest BCUT2D eigenvalue weighted by molar-refractivity contribution is 6.30. The Morgan fingerprint density at radius 1 is 1.03 bits per heavy atom. The van der Waals surface area contributed by atoms with Crippen molar-refractivity contribution in [1.82, 2.24) is 19.9 Å². The number of hydrogen-bond acceptors (Lipinski definition) is 4. The quantitative estimate of drug-likeness (QED) is 0.376. The molecule has 1 unspecified atom stereocenters. The molecule has 0 bridgehead atoms. The van der Waals surface area contributed by atoms with Gasteiger partial charge in [0.05, 0.1) is 11.0 Å². The molecule has 1 amide bonds. The number of nitrogens with zero attached hydrogens (tertiary/aromatic N) is 3. The van der Waals surface area contributed by atoms with Crippen LogP contribution >= 0.6 is 11.6 Å². The number of hydrogen-bond donors (Lipinski definition) is 2. The number of rotatable bonds is 7. The van der Waals surface area contributed by atoms with E-state index < -0.39 is 0 Å². The topological polar surface area (TPSA) is 85.8 Å². The molecule has 0 aliphatic rings. The summed E-state index contributed by atoms with van der Waals surface area (Å²) in [5, 5.41) is 3.72. The fraction of sp³-hybridized carbons (Fsp3) is 0.320. The fourth-order valence-electron chi connectivity index (χ4n) is 3.94. The Hall–Kier alpha value is -3.12. The second kappa shape index (κ2) is 9.17. The predicted molar refractivity (Wildman–Crippen MR) is 131 cm³/mol. The van der Waals surface area contributed by atoms with Gasteiger partial charge in [0.25, 0.3) is 5.91 Å². The van der Waals surface area contributed by atoms with Crippen LogP contribution in [0, 0.1) is 5.92 Å². The van der Waals surface area contributed by atoms with Crippen LogP contribution in [0.25, 0.3) is 27.9 Å². The molecule has 3 N–H and O–H groups in total. The minimum Gasteiger partial charge on any atom is -0.384 e. The van der Waals surface area contributed by atoms with Crippen molar-refractivity contribution in [1.29, 1.82) is 0 Å². The molecule has 1 atom stereocenters. The molecule has 0 aliphatic heterocycles. The van der Waals surface area contributed by atoms with Crippen molar-refractivity contribution >= 4 is 45.5 Å². The monoisotopic (exact) mass is 449 g/mol. The van der Waals surface area contributed by atoms with Crippen LogP contribution in [-0.2, 0) is 0 Å². The molecule has 0 fully saturated rings. The van der Waals surface area contributed by atoms with Crippen molar-refractivity contribution in [3.05, 3.63) is 59.1 Å². The first-order chi connectivity index (χ1) is 15.3. The van der Waals surface area contributed by atoms with Gasteiger partial charge in [0.2, 0.25) is 0 Å². The number of halogens is 1. The molecule has 0 saturated carbocycles. The molecule has 166 valence electrons. The number of carbonyl (C=O) groups is 1. The molecule has 6 nitrogen and oxygen atoms in total. The molecular formula is C25H28ClN5O. The Kier molecular flexibility index (Phi) is 6.33. The van der Waals surface area contributed by atoms with E-state index in [0.29, 0.717) is 39.0 Å². The zero-order chi connectivity index (χ0) is 22.8. The lowest BCUT2D eigenvalue weighted by Gasteiger charge is -2.14. The van der Waals surface area contributed by atoms with Crippen LogP contribution < -0.4 is 11.1 Å². The van der Waals surface area contributed by atoms with E-state index in [-0.39, 0.29) is 11.9 Å². The van der Waals surface area contributed by atoms with E-state index in [4.69, 9.17) is 27.3 Å². The van der Waals surface area contributed by atoms with Crippen molar-refractivity contribution in [2.75, 3.05) is 5.73 Å². The summed E-state index contributed by atoms with van der Waals surface area (Å²) in [6.45, 7) is 6.44. The number of amides is 1. The average Bonchev–Trinajstić information content (AvgIpc) is 3.03. The van der Waals surface area contributed by atoms with Crippen molar-refractivity contribution in [2.45, 2.75) is 46.1 Å². The lowest BCUT2D eigenvalue weighted by Crippen LogP contribution is -2.33. The summed E-state index contributed by atoms with van der Waals surface area (Å²) < 4.78 is 1.77. The lowest BCUT2D eigenvalue weighted by atomic mass is 10.0. The van der Waals surface area contributed by atoms with Crippen molar-refractivity contribution in [2.24, 2.45) is 5.92 Å².